The van der Waals surface area contributed by atoms with Gasteiger partial charge in [-0.1, -0.05) is 26.0 Å². The van der Waals surface area contributed by atoms with E-state index in [1.54, 1.807) is 6.07 Å². The molecule has 1 aromatic rings. The normalized spacial score (nSPS) is 11.1. The Balaban J connectivity index is 2.68. The number of halogens is 1. The van der Waals surface area contributed by atoms with Gasteiger partial charge in [0.1, 0.15) is 5.82 Å². The molecule has 0 heterocycles. The van der Waals surface area contributed by atoms with Crippen LogP contribution < -0.4 is 5.32 Å². The summed E-state index contributed by atoms with van der Waals surface area (Å²) in [5, 5.41) is 3.25. The van der Waals surface area contributed by atoms with Crippen LogP contribution in [0.5, 0.6) is 0 Å². The minimum Gasteiger partial charge on any atom is -0.313 e. The van der Waals surface area contributed by atoms with Gasteiger partial charge in [0.2, 0.25) is 0 Å². The van der Waals surface area contributed by atoms with Crippen LogP contribution >= 0.6 is 0 Å². The zero-order valence-corrected chi connectivity index (χ0v) is 11.1. The lowest BCUT2D eigenvalue weighted by molar-refractivity contribution is 0.322. The molecule has 1 N–H and O–H groups in total. The van der Waals surface area contributed by atoms with Crippen LogP contribution in [0.25, 0.3) is 0 Å². The van der Waals surface area contributed by atoms with E-state index in [2.05, 4.69) is 24.1 Å². The second-order valence-corrected chi connectivity index (χ2v) is 4.44. The lowest BCUT2D eigenvalue weighted by Gasteiger charge is -2.16. The Bertz CT molecular complexity index is 339. The predicted octanol–water partition coefficient (Wildman–Crippen LogP) is 2.78. The van der Waals surface area contributed by atoms with Crippen molar-refractivity contribution in [3.05, 3.63) is 35.1 Å². The summed E-state index contributed by atoms with van der Waals surface area (Å²) in [4.78, 5) is 2.15. The molecule has 96 valence electrons. The minimum atomic E-state index is -0.104. The van der Waals surface area contributed by atoms with Crippen LogP contribution in [0.1, 0.15) is 31.4 Å². The average Bonchev–Trinajstić information content (AvgIpc) is 2.30. The zero-order chi connectivity index (χ0) is 12.7. The van der Waals surface area contributed by atoms with Crippen molar-refractivity contribution < 1.29 is 4.39 Å². The fourth-order valence-corrected chi connectivity index (χ4v) is 1.88. The van der Waals surface area contributed by atoms with E-state index < -0.39 is 0 Å². The lowest BCUT2D eigenvalue weighted by Crippen LogP contribution is -2.19. The summed E-state index contributed by atoms with van der Waals surface area (Å²) in [6.45, 7) is 7.62. The highest BCUT2D eigenvalue weighted by molar-refractivity contribution is 5.25. The first-order chi connectivity index (χ1) is 8.17. The third-order valence-corrected chi connectivity index (χ3v) is 2.73. The molecule has 3 heteroatoms. The monoisotopic (exact) mass is 238 g/mol. The molecule has 0 bridgehead atoms. The van der Waals surface area contributed by atoms with Gasteiger partial charge >= 0.3 is 0 Å². The Labute approximate surface area is 104 Å². The molecular formula is C14H23FN2. The molecule has 17 heavy (non-hydrogen) atoms. The van der Waals surface area contributed by atoms with Crippen molar-refractivity contribution in [1.82, 2.24) is 10.2 Å². The van der Waals surface area contributed by atoms with Crippen molar-refractivity contribution in [2.24, 2.45) is 0 Å². The van der Waals surface area contributed by atoms with Crippen LogP contribution in [0, 0.1) is 5.82 Å². The highest BCUT2D eigenvalue weighted by atomic mass is 19.1. The second kappa shape index (κ2) is 7.41. The first-order valence-corrected chi connectivity index (χ1v) is 6.34. The molecule has 0 radical (unpaired) electrons. The van der Waals surface area contributed by atoms with E-state index >= 15 is 0 Å². The van der Waals surface area contributed by atoms with Crippen LogP contribution in [0.2, 0.25) is 0 Å². The third-order valence-electron chi connectivity index (χ3n) is 2.73. The van der Waals surface area contributed by atoms with Crippen LogP contribution in [0.4, 0.5) is 4.39 Å². The van der Waals surface area contributed by atoms with E-state index in [1.165, 1.54) is 0 Å². The molecular weight excluding hydrogens is 215 g/mol. The Kier molecular flexibility index (Phi) is 6.16. The van der Waals surface area contributed by atoms with Gasteiger partial charge in [-0.15, -0.1) is 0 Å². The van der Waals surface area contributed by atoms with Gasteiger partial charge < -0.3 is 10.2 Å². The summed E-state index contributed by atoms with van der Waals surface area (Å²) in [5.74, 6) is -0.104. The first kappa shape index (κ1) is 14.1. The SMILES string of the molecule is CCCN(C)Cc1cc(CNCC)ccc1F. The van der Waals surface area contributed by atoms with Crippen molar-refractivity contribution in [2.75, 3.05) is 20.1 Å². The Morgan fingerprint density at radius 3 is 2.71 bits per heavy atom. The number of benzene rings is 1. The molecule has 1 aromatic carbocycles. The van der Waals surface area contributed by atoms with Crippen LogP contribution in [0.3, 0.4) is 0 Å². The first-order valence-electron chi connectivity index (χ1n) is 6.34. The molecule has 0 aliphatic carbocycles. The molecule has 0 saturated carbocycles. The molecule has 0 spiro atoms. The summed E-state index contributed by atoms with van der Waals surface area (Å²) in [6.07, 6.45) is 1.09. The minimum absolute atomic E-state index is 0.104. The fourth-order valence-electron chi connectivity index (χ4n) is 1.88. The van der Waals surface area contributed by atoms with Gasteiger partial charge in [-0.3, -0.25) is 0 Å². The molecule has 0 atom stereocenters. The van der Waals surface area contributed by atoms with Gasteiger partial charge in [-0.25, -0.2) is 4.39 Å². The number of rotatable bonds is 7. The standard InChI is InChI=1S/C14H23FN2/c1-4-8-17(3)11-13-9-12(10-16-5-2)6-7-14(13)15/h6-7,9,16H,4-5,8,10-11H2,1-3H3. The Morgan fingerprint density at radius 2 is 2.06 bits per heavy atom. The Hall–Kier alpha value is -0.930. The largest absolute Gasteiger partial charge is 0.313 e. The van der Waals surface area contributed by atoms with Gasteiger partial charge in [0, 0.05) is 18.7 Å². The molecule has 1 rings (SSSR count). The Morgan fingerprint density at radius 1 is 1.29 bits per heavy atom. The fraction of sp³-hybridized carbons (Fsp3) is 0.571. The summed E-state index contributed by atoms with van der Waals surface area (Å²) in [6, 6.07) is 5.38. The van der Waals surface area contributed by atoms with Gasteiger partial charge in [0.05, 0.1) is 0 Å². The van der Waals surface area contributed by atoms with E-state index in [9.17, 15) is 4.39 Å². The molecule has 0 amide bonds. The highest BCUT2D eigenvalue weighted by Gasteiger charge is 2.06. The van der Waals surface area contributed by atoms with Crippen molar-refractivity contribution in [1.29, 1.82) is 0 Å². The maximum absolute atomic E-state index is 13.6. The van der Waals surface area contributed by atoms with E-state index in [0.29, 0.717) is 6.54 Å². The van der Waals surface area contributed by atoms with Crippen LogP contribution in [0.15, 0.2) is 18.2 Å². The molecule has 0 aliphatic heterocycles. The quantitative estimate of drug-likeness (QED) is 0.786. The predicted molar refractivity (Wildman–Crippen MR) is 70.4 cm³/mol. The van der Waals surface area contributed by atoms with E-state index in [4.69, 9.17) is 0 Å². The number of nitrogens with zero attached hydrogens (tertiary/aromatic N) is 1. The molecule has 2 nitrogen and oxygen atoms in total. The number of nitrogens with one attached hydrogen (secondary N) is 1. The van der Waals surface area contributed by atoms with Crippen LogP contribution in [-0.2, 0) is 13.1 Å². The number of hydrogen-bond acceptors (Lipinski definition) is 2. The van der Waals surface area contributed by atoms with E-state index in [0.717, 1.165) is 37.2 Å². The van der Waals surface area contributed by atoms with Gasteiger partial charge in [0.15, 0.2) is 0 Å². The smallest absolute Gasteiger partial charge is 0.127 e. The molecule has 0 aliphatic rings. The van der Waals surface area contributed by atoms with Gasteiger partial charge in [0.25, 0.3) is 0 Å². The topological polar surface area (TPSA) is 15.3 Å². The van der Waals surface area contributed by atoms with E-state index in [-0.39, 0.29) is 5.82 Å². The van der Waals surface area contributed by atoms with E-state index in [1.807, 2.05) is 19.2 Å². The van der Waals surface area contributed by atoms with Gasteiger partial charge in [-0.05, 0) is 38.2 Å². The average molecular weight is 238 g/mol. The zero-order valence-electron chi connectivity index (χ0n) is 11.1. The van der Waals surface area contributed by atoms with Crippen molar-refractivity contribution in [3.8, 4) is 0 Å². The molecule has 0 fully saturated rings. The molecule has 0 aromatic heterocycles. The summed E-state index contributed by atoms with van der Waals surface area (Å²) in [5.41, 5.74) is 1.93. The maximum Gasteiger partial charge on any atom is 0.127 e. The van der Waals surface area contributed by atoms with Crippen LogP contribution in [-0.4, -0.2) is 25.0 Å². The van der Waals surface area contributed by atoms with Crippen molar-refractivity contribution >= 4 is 0 Å². The molecule has 0 unspecified atom stereocenters. The molecule has 0 saturated heterocycles. The summed E-state index contributed by atoms with van der Waals surface area (Å²) >= 11 is 0. The van der Waals surface area contributed by atoms with Gasteiger partial charge in [-0.2, -0.15) is 0 Å². The van der Waals surface area contributed by atoms with Crippen molar-refractivity contribution in [2.45, 2.75) is 33.4 Å². The lowest BCUT2D eigenvalue weighted by atomic mass is 10.1. The maximum atomic E-state index is 13.6. The second-order valence-electron chi connectivity index (χ2n) is 4.44. The summed E-state index contributed by atoms with van der Waals surface area (Å²) in [7, 11) is 2.03. The highest BCUT2D eigenvalue weighted by Crippen LogP contribution is 2.12. The van der Waals surface area contributed by atoms with Crippen molar-refractivity contribution in [3.63, 3.8) is 0 Å². The summed E-state index contributed by atoms with van der Waals surface area (Å²) < 4.78 is 13.6. The third kappa shape index (κ3) is 4.84. The number of hydrogen-bond donors (Lipinski definition) is 1.